The topological polar surface area (TPSA) is 46.0 Å². The van der Waals surface area contributed by atoms with E-state index < -0.39 is 5.60 Å². The van der Waals surface area contributed by atoms with E-state index >= 15 is 0 Å². The molecule has 0 atom stereocenters. The summed E-state index contributed by atoms with van der Waals surface area (Å²) in [5, 5.41) is 11.5. The Morgan fingerprint density at radius 1 is 0.810 bits per heavy atom. The van der Waals surface area contributed by atoms with E-state index in [2.05, 4.69) is 9.97 Å². The van der Waals surface area contributed by atoms with Gasteiger partial charge >= 0.3 is 0 Å². The number of rotatable bonds is 1. The molecule has 21 heavy (non-hydrogen) atoms. The number of aromatic nitrogens is 2. The molecule has 3 nitrogen and oxygen atoms in total. The molecule has 0 radical (unpaired) electrons. The van der Waals surface area contributed by atoms with Crippen LogP contribution in [0.1, 0.15) is 22.3 Å². The summed E-state index contributed by atoms with van der Waals surface area (Å²) in [6.45, 7) is 2.04. The van der Waals surface area contributed by atoms with Gasteiger partial charge in [0, 0.05) is 23.5 Å². The van der Waals surface area contributed by atoms with Crippen LogP contribution in [0.5, 0.6) is 0 Å². The van der Waals surface area contributed by atoms with E-state index in [1.807, 2.05) is 55.5 Å². The van der Waals surface area contributed by atoms with E-state index in [0.717, 1.165) is 33.6 Å². The molecule has 2 heterocycles. The standard InChI is InChI=1S/C18H14N2O/c1-12-6-8-13(9-7-12)18(21)14-4-2-10-19-16(14)17-15(18)5-3-11-20-17/h2-11,21H,1H3. The molecule has 3 heteroatoms. The summed E-state index contributed by atoms with van der Waals surface area (Å²) in [6, 6.07) is 15.5. The van der Waals surface area contributed by atoms with Gasteiger partial charge in [0.1, 0.15) is 5.60 Å². The van der Waals surface area contributed by atoms with E-state index in [9.17, 15) is 5.11 Å². The third kappa shape index (κ3) is 1.58. The lowest BCUT2D eigenvalue weighted by Gasteiger charge is -2.25. The molecule has 0 saturated heterocycles. The lowest BCUT2D eigenvalue weighted by molar-refractivity contribution is 0.130. The molecule has 0 aliphatic heterocycles. The molecule has 3 aromatic rings. The van der Waals surface area contributed by atoms with Crippen molar-refractivity contribution in [2.45, 2.75) is 12.5 Å². The molecular weight excluding hydrogens is 260 g/mol. The molecule has 2 aromatic heterocycles. The van der Waals surface area contributed by atoms with Crippen LogP contribution in [0.25, 0.3) is 11.4 Å². The molecule has 1 aliphatic carbocycles. The zero-order chi connectivity index (χ0) is 14.4. The molecular formula is C18H14N2O. The van der Waals surface area contributed by atoms with Crippen molar-refractivity contribution < 1.29 is 5.11 Å². The summed E-state index contributed by atoms with van der Waals surface area (Å²) >= 11 is 0. The van der Waals surface area contributed by atoms with Gasteiger partial charge in [-0.05, 0) is 24.6 Å². The second-order valence-electron chi connectivity index (χ2n) is 5.38. The minimum absolute atomic E-state index is 0.760. The number of pyridine rings is 2. The molecule has 0 bridgehead atoms. The lowest BCUT2D eigenvalue weighted by Crippen LogP contribution is -2.26. The Morgan fingerprint density at radius 2 is 1.33 bits per heavy atom. The number of fused-ring (bicyclic) bond motifs is 3. The van der Waals surface area contributed by atoms with Crippen LogP contribution < -0.4 is 0 Å². The van der Waals surface area contributed by atoms with Crippen LogP contribution in [0.4, 0.5) is 0 Å². The highest BCUT2D eigenvalue weighted by Crippen LogP contribution is 2.48. The number of hydrogen-bond acceptors (Lipinski definition) is 3. The zero-order valence-corrected chi connectivity index (χ0v) is 11.6. The van der Waals surface area contributed by atoms with Crippen molar-refractivity contribution in [2.24, 2.45) is 0 Å². The fraction of sp³-hybridized carbons (Fsp3) is 0.111. The van der Waals surface area contributed by atoms with Gasteiger partial charge in [-0.3, -0.25) is 9.97 Å². The van der Waals surface area contributed by atoms with Gasteiger partial charge in [0.05, 0.1) is 11.4 Å². The third-order valence-corrected chi connectivity index (χ3v) is 4.09. The monoisotopic (exact) mass is 274 g/mol. The Kier molecular flexibility index (Phi) is 2.47. The number of nitrogens with zero attached hydrogens (tertiary/aromatic N) is 2. The Hall–Kier alpha value is -2.52. The van der Waals surface area contributed by atoms with Crippen LogP contribution in [0.15, 0.2) is 60.9 Å². The Labute approximate surface area is 123 Å². The second-order valence-corrected chi connectivity index (χ2v) is 5.38. The quantitative estimate of drug-likeness (QED) is 0.742. The minimum Gasteiger partial charge on any atom is -0.376 e. The first-order valence-corrected chi connectivity index (χ1v) is 6.92. The number of benzene rings is 1. The first-order valence-electron chi connectivity index (χ1n) is 6.92. The maximum Gasteiger partial charge on any atom is 0.144 e. The second kappa shape index (κ2) is 4.24. The summed E-state index contributed by atoms with van der Waals surface area (Å²) in [7, 11) is 0. The highest BCUT2D eigenvalue weighted by Gasteiger charge is 2.44. The normalized spacial score (nSPS) is 14.6. The van der Waals surface area contributed by atoms with Gasteiger partial charge in [0.15, 0.2) is 0 Å². The molecule has 0 spiro atoms. The predicted molar refractivity (Wildman–Crippen MR) is 80.7 cm³/mol. The van der Waals surface area contributed by atoms with Crippen LogP contribution in [-0.4, -0.2) is 15.1 Å². The summed E-state index contributed by atoms with van der Waals surface area (Å²) in [5.74, 6) is 0. The van der Waals surface area contributed by atoms with Crippen LogP contribution in [0.2, 0.25) is 0 Å². The maximum absolute atomic E-state index is 11.5. The SMILES string of the molecule is Cc1ccc(C2(O)c3cccnc3-c3ncccc32)cc1. The molecule has 1 N–H and O–H groups in total. The van der Waals surface area contributed by atoms with Crippen molar-refractivity contribution in [3.05, 3.63) is 83.2 Å². The van der Waals surface area contributed by atoms with Crippen molar-refractivity contribution in [1.82, 2.24) is 9.97 Å². The van der Waals surface area contributed by atoms with E-state index in [0.29, 0.717) is 0 Å². The summed E-state index contributed by atoms with van der Waals surface area (Å²) < 4.78 is 0. The van der Waals surface area contributed by atoms with Crippen molar-refractivity contribution in [3.8, 4) is 11.4 Å². The van der Waals surface area contributed by atoms with Gasteiger partial charge in [-0.2, -0.15) is 0 Å². The van der Waals surface area contributed by atoms with E-state index in [-0.39, 0.29) is 0 Å². The van der Waals surface area contributed by atoms with Crippen LogP contribution in [0.3, 0.4) is 0 Å². The van der Waals surface area contributed by atoms with Gasteiger partial charge in [-0.1, -0.05) is 42.0 Å². The lowest BCUT2D eigenvalue weighted by atomic mass is 9.85. The highest BCUT2D eigenvalue weighted by atomic mass is 16.3. The maximum atomic E-state index is 11.5. The van der Waals surface area contributed by atoms with E-state index in [1.54, 1.807) is 12.4 Å². The third-order valence-electron chi connectivity index (χ3n) is 4.09. The molecule has 0 amide bonds. The minimum atomic E-state index is -1.18. The van der Waals surface area contributed by atoms with Gasteiger partial charge < -0.3 is 5.11 Å². The van der Waals surface area contributed by atoms with Gasteiger partial charge in [-0.25, -0.2) is 0 Å². The molecule has 0 saturated carbocycles. The van der Waals surface area contributed by atoms with Gasteiger partial charge in [0.2, 0.25) is 0 Å². The van der Waals surface area contributed by atoms with Crippen molar-refractivity contribution in [2.75, 3.05) is 0 Å². The molecule has 0 unspecified atom stereocenters. The van der Waals surface area contributed by atoms with Crippen molar-refractivity contribution in [3.63, 3.8) is 0 Å². The fourth-order valence-corrected chi connectivity index (χ4v) is 3.02. The van der Waals surface area contributed by atoms with Crippen LogP contribution in [-0.2, 0) is 5.60 Å². The molecule has 102 valence electrons. The average Bonchev–Trinajstić information content (AvgIpc) is 2.80. The first-order chi connectivity index (χ1) is 10.2. The van der Waals surface area contributed by atoms with Crippen molar-refractivity contribution in [1.29, 1.82) is 0 Å². The van der Waals surface area contributed by atoms with Crippen LogP contribution >= 0.6 is 0 Å². The Bertz CT molecular complexity index is 779. The van der Waals surface area contributed by atoms with E-state index in [1.165, 1.54) is 0 Å². The summed E-state index contributed by atoms with van der Waals surface area (Å²) in [6.07, 6.45) is 3.47. The predicted octanol–water partition coefficient (Wildman–Crippen LogP) is 3.05. The largest absolute Gasteiger partial charge is 0.376 e. The average molecular weight is 274 g/mol. The summed E-state index contributed by atoms with van der Waals surface area (Å²) in [4.78, 5) is 8.83. The molecule has 1 aromatic carbocycles. The fourth-order valence-electron chi connectivity index (χ4n) is 3.02. The zero-order valence-electron chi connectivity index (χ0n) is 11.6. The molecule has 1 aliphatic rings. The van der Waals surface area contributed by atoms with E-state index in [4.69, 9.17) is 0 Å². The number of aliphatic hydroxyl groups is 1. The summed E-state index contributed by atoms with van der Waals surface area (Å²) in [5.41, 5.74) is 3.94. The molecule has 4 rings (SSSR count). The number of hydrogen-bond donors (Lipinski definition) is 1. The Balaban J connectivity index is 2.06. The smallest absolute Gasteiger partial charge is 0.144 e. The molecule has 0 fully saturated rings. The Morgan fingerprint density at radius 3 is 1.86 bits per heavy atom. The number of aryl methyl sites for hydroxylation is 1. The van der Waals surface area contributed by atoms with Crippen LogP contribution in [0, 0.1) is 6.92 Å². The van der Waals surface area contributed by atoms with Crippen molar-refractivity contribution >= 4 is 0 Å². The highest BCUT2D eigenvalue weighted by molar-refractivity contribution is 5.76. The van der Waals surface area contributed by atoms with Gasteiger partial charge in [0.25, 0.3) is 0 Å². The first kappa shape index (κ1) is 12.2. The van der Waals surface area contributed by atoms with Gasteiger partial charge in [-0.15, -0.1) is 0 Å².